The highest BCUT2D eigenvalue weighted by molar-refractivity contribution is 7.99. The molecule has 0 radical (unpaired) electrons. The van der Waals surface area contributed by atoms with Gasteiger partial charge in [0.25, 0.3) is 0 Å². The number of thioether (sulfide) groups is 1. The van der Waals surface area contributed by atoms with Gasteiger partial charge in [-0.15, -0.1) is 11.8 Å². The molecule has 84 valence electrons. The van der Waals surface area contributed by atoms with Crippen LogP contribution in [0.1, 0.15) is 5.56 Å². The van der Waals surface area contributed by atoms with E-state index >= 15 is 0 Å². The molecular formula is C13H15NOS. The molecule has 0 aliphatic rings. The molecular weight excluding hydrogens is 218 g/mol. The fourth-order valence-electron chi connectivity index (χ4n) is 1.49. The van der Waals surface area contributed by atoms with Crippen LogP contribution in [0.3, 0.4) is 0 Å². The van der Waals surface area contributed by atoms with Gasteiger partial charge in [-0.3, -0.25) is 0 Å². The van der Waals surface area contributed by atoms with Crippen LogP contribution in [0.15, 0.2) is 58.2 Å². The number of benzene rings is 1. The van der Waals surface area contributed by atoms with Gasteiger partial charge >= 0.3 is 0 Å². The number of nitrogens with two attached hydrogens (primary N) is 1. The maximum atomic E-state index is 6.05. The third-order valence-electron chi connectivity index (χ3n) is 2.29. The van der Waals surface area contributed by atoms with Gasteiger partial charge in [0, 0.05) is 16.7 Å². The van der Waals surface area contributed by atoms with E-state index in [2.05, 4.69) is 12.1 Å². The van der Waals surface area contributed by atoms with Crippen molar-refractivity contribution in [2.75, 3.05) is 5.75 Å². The number of furan rings is 1. The first-order chi connectivity index (χ1) is 7.84. The lowest BCUT2D eigenvalue weighted by Crippen LogP contribution is -2.25. The van der Waals surface area contributed by atoms with Gasteiger partial charge in [0.15, 0.2) is 0 Å². The molecule has 0 amide bonds. The molecule has 1 aromatic carbocycles. The van der Waals surface area contributed by atoms with E-state index in [9.17, 15) is 0 Å². The monoisotopic (exact) mass is 233 g/mol. The van der Waals surface area contributed by atoms with E-state index in [0.29, 0.717) is 0 Å². The number of rotatable bonds is 5. The minimum atomic E-state index is 0.169. The third-order valence-corrected chi connectivity index (χ3v) is 3.49. The van der Waals surface area contributed by atoms with Crippen LogP contribution in [-0.4, -0.2) is 11.8 Å². The van der Waals surface area contributed by atoms with Gasteiger partial charge in [-0.25, -0.2) is 0 Å². The average Bonchev–Trinajstić information content (AvgIpc) is 2.81. The van der Waals surface area contributed by atoms with Crippen LogP contribution in [0.2, 0.25) is 0 Å². The third kappa shape index (κ3) is 3.43. The highest BCUT2D eigenvalue weighted by atomic mass is 32.2. The van der Waals surface area contributed by atoms with E-state index in [0.717, 1.165) is 12.2 Å². The summed E-state index contributed by atoms with van der Waals surface area (Å²) in [5.41, 5.74) is 7.22. The van der Waals surface area contributed by atoms with Crippen molar-refractivity contribution in [3.8, 4) is 0 Å². The Balaban J connectivity index is 1.78. The van der Waals surface area contributed by atoms with E-state index in [-0.39, 0.29) is 6.04 Å². The molecule has 0 bridgehead atoms. The van der Waals surface area contributed by atoms with Gasteiger partial charge in [-0.05, 0) is 30.2 Å². The molecule has 1 aromatic heterocycles. The second-order valence-electron chi connectivity index (χ2n) is 3.72. The van der Waals surface area contributed by atoms with Crippen molar-refractivity contribution in [2.24, 2.45) is 5.73 Å². The minimum absolute atomic E-state index is 0.169. The normalized spacial score (nSPS) is 12.6. The predicted octanol–water partition coefficient (Wildman–Crippen LogP) is 2.94. The largest absolute Gasteiger partial charge is 0.472 e. The standard InChI is InChI=1S/C13H15NOS/c14-12(8-11-6-7-15-9-11)10-16-13-4-2-1-3-5-13/h1-7,9,12H,8,10,14H2. The molecule has 1 heterocycles. The van der Waals surface area contributed by atoms with Crippen LogP contribution in [0, 0.1) is 0 Å². The fourth-order valence-corrected chi connectivity index (χ4v) is 2.36. The maximum Gasteiger partial charge on any atom is 0.0935 e. The second kappa shape index (κ2) is 5.77. The fraction of sp³-hybridized carbons (Fsp3) is 0.231. The lowest BCUT2D eigenvalue weighted by molar-refractivity contribution is 0.562. The van der Waals surface area contributed by atoms with Crippen molar-refractivity contribution in [1.29, 1.82) is 0 Å². The molecule has 2 aromatic rings. The van der Waals surface area contributed by atoms with Gasteiger partial charge in [0.2, 0.25) is 0 Å². The molecule has 0 saturated carbocycles. The number of hydrogen-bond donors (Lipinski definition) is 1. The zero-order valence-electron chi connectivity index (χ0n) is 9.00. The molecule has 2 nitrogen and oxygen atoms in total. The van der Waals surface area contributed by atoms with Crippen molar-refractivity contribution in [3.05, 3.63) is 54.5 Å². The maximum absolute atomic E-state index is 6.05. The molecule has 3 heteroatoms. The smallest absolute Gasteiger partial charge is 0.0935 e. The molecule has 2 N–H and O–H groups in total. The van der Waals surface area contributed by atoms with Crippen LogP contribution in [-0.2, 0) is 6.42 Å². The zero-order chi connectivity index (χ0) is 11.2. The van der Waals surface area contributed by atoms with E-state index in [1.165, 1.54) is 10.5 Å². The van der Waals surface area contributed by atoms with Gasteiger partial charge in [0.05, 0.1) is 12.5 Å². The zero-order valence-corrected chi connectivity index (χ0v) is 9.82. The topological polar surface area (TPSA) is 39.2 Å². The van der Waals surface area contributed by atoms with Gasteiger partial charge in [-0.2, -0.15) is 0 Å². The molecule has 0 fully saturated rings. The van der Waals surface area contributed by atoms with Crippen LogP contribution in [0.4, 0.5) is 0 Å². The van der Waals surface area contributed by atoms with Crippen LogP contribution >= 0.6 is 11.8 Å². The summed E-state index contributed by atoms with van der Waals surface area (Å²) in [4.78, 5) is 1.27. The summed E-state index contributed by atoms with van der Waals surface area (Å²) in [6, 6.07) is 12.5. The van der Waals surface area contributed by atoms with Crippen molar-refractivity contribution < 1.29 is 4.42 Å². The summed E-state index contributed by atoms with van der Waals surface area (Å²) in [7, 11) is 0. The summed E-state index contributed by atoms with van der Waals surface area (Å²) in [5.74, 6) is 0.926. The predicted molar refractivity (Wildman–Crippen MR) is 67.6 cm³/mol. The SMILES string of the molecule is NC(CSc1ccccc1)Cc1ccoc1. The summed E-state index contributed by atoms with van der Waals surface area (Å²) in [6.45, 7) is 0. The van der Waals surface area contributed by atoms with Gasteiger partial charge in [-0.1, -0.05) is 18.2 Å². The molecule has 0 saturated heterocycles. The molecule has 16 heavy (non-hydrogen) atoms. The lowest BCUT2D eigenvalue weighted by Gasteiger charge is -2.09. The van der Waals surface area contributed by atoms with Crippen LogP contribution < -0.4 is 5.73 Å². The van der Waals surface area contributed by atoms with E-state index in [1.807, 2.05) is 24.3 Å². The Bertz CT molecular complexity index is 399. The molecule has 1 unspecified atom stereocenters. The van der Waals surface area contributed by atoms with E-state index < -0.39 is 0 Å². The Kier molecular flexibility index (Phi) is 4.08. The Morgan fingerprint density at radius 2 is 2.00 bits per heavy atom. The van der Waals surface area contributed by atoms with Crippen LogP contribution in [0.25, 0.3) is 0 Å². The first kappa shape index (κ1) is 11.3. The Hall–Kier alpha value is -1.19. The van der Waals surface area contributed by atoms with Gasteiger partial charge in [0.1, 0.15) is 0 Å². The number of hydrogen-bond acceptors (Lipinski definition) is 3. The molecule has 1 atom stereocenters. The molecule has 0 aliphatic heterocycles. The minimum Gasteiger partial charge on any atom is -0.472 e. The Morgan fingerprint density at radius 1 is 1.19 bits per heavy atom. The van der Waals surface area contributed by atoms with E-state index in [1.54, 1.807) is 24.3 Å². The summed E-state index contributed by atoms with van der Waals surface area (Å²) in [6.07, 6.45) is 4.32. The lowest BCUT2D eigenvalue weighted by atomic mass is 10.1. The molecule has 0 spiro atoms. The summed E-state index contributed by atoms with van der Waals surface area (Å²) >= 11 is 1.79. The van der Waals surface area contributed by atoms with E-state index in [4.69, 9.17) is 10.2 Å². The average molecular weight is 233 g/mol. The Morgan fingerprint density at radius 3 is 2.69 bits per heavy atom. The van der Waals surface area contributed by atoms with Crippen molar-refractivity contribution >= 4 is 11.8 Å². The summed E-state index contributed by atoms with van der Waals surface area (Å²) in [5, 5.41) is 0. The first-order valence-corrected chi connectivity index (χ1v) is 6.27. The van der Waals surface area contributed by atoms with Crippen molar-refractivity contribution in [2.45, 2.75) is 17.4 Å². The molecule has 0 aliphatic carbocycles. The molecule has 2 rings (SSSR count). The second-order valence-corrected chi connectivity index (χ2v) is 4.81. The highest BCUT2D eigenvalue weighted by Gasteiger charge is 2.05. The highest BCUT2D eigenvalue weighted by Crippen LogP contribution is 2.18. The van der Waals surface area contributed by atoms with Crippen molar-refractivity contribution in [3.63, 3.8) is 0 Å². The Labute approximate surface area is 99.8 Å². The first-order valence-electron chi connectivity index (χ1n) is 5.29. The van der Waals surface area contributed by atoms with Crippen LogP contribution in [0.5, 0.6) is 0 Å². The van der Waals surface area contributed by atoms with Gasteiger partial charge < -0.3 is 10.2 Å². The van der Waals surface area contributed by atoms with Crippen molar-refractivity contribution in [1.82, 2.24) is 0 Å². The quantitative estimate of drug-likeness (QED) is 0.807. The summed E-state index contributed by atoms with van der Waals surface area (Å²) < 4.78 is 5.02.